The van der Waals surface area contributed by atoms with Gasteiger partial charge in [-0.1, -0.05) is 25.6 Å². The van der Waals surface area contributed by atoms with Crippen molar-refractivity contribution in [3.63, 3.8) is 0 Å². The summed E-state index contributed by atoms with van der Waals surface area (Å²) in [6.07, 6.45) is 6.06. The third kappa shape index (κ3) is 4.83. The van der Waals surface area contributed by atoms with Crippen LogP contribution in [-0.4, -0.2) is 51.1 Å². The van der Waals surface area contributed by atoms with Crippen LogP contribution in [0, 0.1) is 0 Å². The molecule has 3 aromatic rings. The number of nitrogens with one attached hydrogen (secondary N) is 2. The third-order valence-electron chi connectivity index (χ3n) is 5.71. The molecule has 0 spiro atoms. The van der Waals surface area contributed by atoms with Crippen molar-refractivity contribution in [1.29, 1.82) is 0 Å². The second-order valence-electron chi connectivity index (χ2n) is 8.44. The molecule has 166 valence electrons. The van der Waals surface area contributed by atoms with Gasteiger partial charge in [0, 0.05) is 6.20 Å². The Balaban J connectivity index is 1.29. The minimum Gasteiger partial charge on any atom is -0.470 e. The van der Waals surface area contributed by atoms with E-state index in [9.17, 15) is 0 Å². The predicted octanol–water partition coefficient (Wildman–Crippen LogP) is 4.20. The fraction of sp³-hybridized carbons (Fsp3) is 0.435. The molecular weight excluding hydrogens is 422 g/mol. The lowest BCUT2D eigenvalue weighted by Gasteiger charge is -2.23. The molecule has 2 aliphatic heterocycles. The largest absolute Gasteiger partial charge is 0.470 e. The van der Waals surface area contributed by atoms with Gasteiger partial charge in [0.1, 0.15) is 11.9 Å². The SMILES string of the molecule is CC(C)c1cnnc(Nc2ccc3ncc(C4CN=C(OC5CCNCC5)S4)cc3n2)c1. The Morgan fingerprint density at radius 3 is 2.81 bits per heavy atom. The minimum absolute atomic E-state index is 0.204. The van der Waals surface area contributed by atoms with Crippen molar-refractivity contribution in [2.75, 3.05) is 25.0 Å². The van der Waals surface area contributed by atoms with E-state index in [-0.39, 0.29) is 11.4 Å². The zero-order chi connectivity index (χ0) is 21.9. The standard InChI is InChI=1S/C23H27N7OS/c1-14(2)15-10-22(30-27-12-15)29-21-4-3-18-19(28-21)9-16(11-25-18)20-13-26-23(32-20)31-17-5-7-24-8-6-17/h3-4,9-12,14,17,20,24H,5-8,13H2,1-2H3,(H,28,29,30). The van der Waals surface area contributed by atoms with E-state index in [0.717, 1.165) is 59.1 Å². The molecule has 5 heterocycles. The number of piperidine rings is 1. The summed E-state index contributed by atoms with van der Waals surface area (Å²) in [6, 6.07) is 7.99. The Bertz CT molecular complexity index is 1130. The van der Waals surface area contributed by atoms with Crippen LogP contribution in [0.3, 0.4) is 0 Å². The highest BCUT2D eigenvalue weighted by molar-refractivity contribution is 8.14. The molecular formula is C23H27N7OS. The van der Waals surface area contributed by atoms with Crippen LogP contribution in [0.5, 0.6) is 0 Å². The van der Waals surface area contributed by atoms with Gasteiger partial charge in [0.2, 0.25) is 5.23 Å². The van der Waals surface area contributed by atoms with Gasteiger partial charge in [-0.3, -0.25) is 4.98 Å². The lowest BCUT2D eigenvalue weighted by atomic mass is 10.1. The summed E-state index contributed by atoms with van der Waals surface area (Å²) in [5.41, 5.74) is 3.94. The average Bonchev–Trinajstić information content (AvgIpc) is 3.28. The summed E-state index contributed by atoms with van der Waals surface area (Å²) in [5, 5.41) is 15.9. The number of aromatic nitrogens is 4. The number of hydrogen-bond donors (Lipinski definition) is 2. The maximum atomic E-state index is 6.12. The first-order valence-electron chi connectivity index (χ1n) is 11.1. The first-order chi connectivity index (χ1) is 15.6. The third-order valence-corrected chi connectivity index (χ3v) is 6.84. The smallest absolute Gasteiger partial charge is 0.246 e. The van der Waals surface area contributed by atoms with Crippen molar-refractivity contribution < 1.29 is 4.74 Å². The molecule has 9 heteroatoms. The molecule has 1 saturated heterocycles. The summed E-state index contributed by atoms with van der Waals surface area (Å²) < 4.78 is 6.12. The minimum atomic E-state index is 0.204. The first kappa shape index (κ1) is 21.1. The quantitative estimate of drug-likeness (QED) is 0.598. The number of pyridine rings is 2. The highest BCUT2D eigenvalue weighted by Gasteiger charge is 2.26. The van der Waals surface area contributed by atoms with Crippen LogP contribution >= 0.6 is 11.8 Å². The molecule has 0 saturated carbocycles. The maximum absolute atomic E-state index is 6.12. The summed E-state index contributed by atoms with van der Waals surface area (Å²) in [4.78, 5) is 14.0. The van der Waals surface area contributed by atoms with Gasteiger partial charge in [-0.05, 0) is 67.2 Å². The van der Waals surface area contributed by atoms with Gasteiger partial charge < -0.3 is 15.4 Å². The van der Waals surface area contributed by atoms with E-state index in [1.165, 1.54) is 0 Å². The van der Waals surface area contributed by atoms with Gasteiger partial charge in [-0.15, -0.1) is 5.10 Å². The lowest BCUT2D eigenvalue weighted by Crippen LogP contribution is -2.33. The molecule has 32 heavy (non-hydrogen) atoms. The number of ether oxygens (including phenoxy) is 1. The molecule has 1 atom stereocenters. The average molecular weight is 450 g/mol. The van der Waals surface area contributed by atoms with Crippen LogP contribution in [0.15, 0.2) is 41.7 Å². The van der Waals surface area contributed by atoms with Crippen molar-refractivity contribution in [2.45, 2.75) is 44.0 Å². The van der Waals surface area contributed by atoms with Crippen molar-refractivity contribution in [1.82, 2.24) is 25.5 Å². The summed E-state index contributed by atoms with van der Waals surface area (Å²) in [5.74, 6) is 1.79. The van der Waals surface area contributed by atoms with E-state index in [1.54, 1.807) is 18.0 Å². The molecule has 0 aliphatic carbocycles. The fourth-order valence-corrected chi connectivity index (χ4v) is 4.80. The molecule has 5 rings (SSSR count). The molecule has 8 nitrogen and oxygen atoms in total. The van der Waals surface area contributed by atoms with E-state index < -0.39 is 0 Å². The van der Waals surface area contributed by atoms with Crippen LogP contribution in [-0.2, 0) is 4.74 Å². The molecule has 0 bridgehead atoms. The summed E-state index contributed by atoms with van der Waals surface area (Å²) in [7, 11) is 0. The van der Waals surface area contributed by atoms with Gasteiger partial charge >= 0.3 is 0 Å². The second-order valence-corrected chi connectivity index (χ2v) is 9.59. The summed E-state index contributed by atoms with van der Waals surface area (Å²) in [6.45, 7) is 6.99. The van der Waals surface area contributed by atoms with E-state index in [1.807, 2.05) is 24.4 Å². The number of anilines is 2. The Morgan fingerprint density at radius 2 is 1.97 bits per heavy atom. The Kier molecular flexibility index (Phi) is 6.18. The Morgan fingerprint density at radius 1 is 1.09 bits per heavy atom. The van der Waals surface area contributed by atoms with Crippen molar-refractivity contribution in [3.05, 3.63) is 47.8 Å². The Hall–Kier alpha value is -2.78. The molecule has 0 aromatic carbocycles. The highest BCUT2D eigenvalue weighted by Crippen LogP contribution is 2.37. The lowest BCUT2D eigenvalue weighted by molar-refractivity contribution is 0.156. The topological polar surface area (TPSA) is 97.2 Å². The van der Waals surface area contributed by atoms with Gasteiger partial charge in [0.25, 0.3) is 0 Å². The number of thioether (sulfide) groups is 1. The zero-order valence-electron chi connectivity index (χ0n) is 18.3. The van der Waals surface area contributed by atoms with Crippen LogP contribution in [0.2, 0.25) is 0 Å². The van der Waals surface area contributed by atoms with E-state index in [2.05, 4.69) is 50.7 Å². The van der Waals surface area contributed by atoms with Gasteiger partial charge in [-0.25, -0.2) is 9.98 Å². The molecule has 1 unspecified atom stereocenters. The van der Waals surface area contributed by atoms with Crippen molar-refractivity contribution in [3.8, 4) is 0 Å². The predicted molar refractivity (Wildman–Crippen MR) is 129 cm³/mol. The number of hydrogen-bond acceptors (Lipinski definition) is 9. The van der Waals surface area contributed by atoms with E-state index in [0.29, 0.717) is 18.3 Å². The van der Waals surface area contributed by atoms with Crippen LogP contribution in [0.25, 0.3) is 11.0 Å². The summed E-state index contributed by atoms with van der Waals surface area (Å²) >= 11 is 1.68. The molecule has 0 amide bonds. The van der Waals surface area contributed by atoms with E-state index in [4.69, 9.17) is 9.72 Å². The first-order valence-corrected chi connectivity index (χ1v) is 12.0. The molecule has 2 aliphatic rings. The van der Waals surface area contributed by atoms with Crippen molar-refractivity contribution >= 4 is 39.7 Å². The molecule has 1 fully saturated rings. The second kappa shape index (κ2) is 9.38. The van der Waals surface area contributed by atoms with Gasteiger partial charge in [-0.2, -0.15) is 5.10 Å². The monoisotopic (exact) mass is 449 g/mol. The maximum Gasteiger partial charge on any atom is 0.246 e. The number of rotatable bonds is 5. The van der Waals surface area contributed by atoms with Gasteiger partial charge in [0.15, 0.2) is 5.82 Å². The van der Waals surface area contributed by atoms with E-state index >= 15 is 0 Å². The number of fused-ring (bicyclic) bond motifs is 1. The fourth-order valence-electron chi connectivity index (χ4n) is 3.81. The van der Waals surface area contributed by atoms with Crippen LogP contribution in [0.1, 0.15) is 49.0 Å². The zero-order valence-corrected chi connectivity index (χ0v) is 19.1. The number of aliphatic imine (C=N–C) groups is 1. The Labute approximate surface area is 191 Å². The highest BCUT2D eigenvalue weighted by atomic mass is 32.2. The van der Waals surface area contributed by atoms with Crippen molar-refractivity contribution in [2.24, 2.45) is 4.99 Å². The normalized spacial score (nSPS) is 19.3. The van der Waals surface area contributed by atoms with Gasteiger partial charge in [0.05, 0.1) is 29.0 Å². The number of nitrogens with zero attached hydrogens (tertiary/aromatic N) is 5. The molecule has 0 radical (unpaired) electrons. The molecule has 2 N–H and O–H groups in total. The van der Waals surface area contributed by atoms with Crippen LogP contribution < -0.4 is 10.6 Å². The molecule has 3 aromatic heterocycles. The van der Waals surface area contributed by atoms with Crippen LogP contribution in [0.4, 0.5) is 11.6 Å².